The first kappa shape index (κ1) is 14.8. The summed E-state index contributed by atoms with van der Waals surface area (Å²) < 4.78 is 0. The van der Waals surface area contributed by atoms with Crippen molar-refractivity contribution in [1.29, 1.82) is 0 Å². The molecule has 1 aromatic rings. The SMILES string of the molecule is CCCCCCN(CC=C(C)C)c1ccccc1. The first-order valence-electron chi connectivity index (χ1n) is 7.17. The van der Waals surface area contributed by atoms with Gasteiger partial charge in [0, 0.05) is 18.8 Å². The van der Waals surface area contributed by atoms with Gasteiger partial charge in [-0.3, -0.25) is 0 Å². The molecule has 0 aliphatic heterocycles. The maximum Gasteiger partial charge on any atom is 0.0369 e. The van der Waals surface area contributed by atoms with Crippen LogP contribution in [0.2, 0.25) is 0 Å². The van der Waals surface area contributed by atoms with E-state index in [0.717, 1.165) is 13.1 Å². The fraction of sp³-hybridized carbons (Fsp3) is 0.529. The van der Waals surface area contributed by atoms with Gasteiger partial charge in [-0.1, -0.05) is 56.0 Å². The molecular formula is C17H27N. The Bertz CT molecular complexity index is 336. The van der Waals surface area contributed by atoms with Crippen molar-refractivity contribution in [3.63, 3.8) is 0 Å². The molecule has 0 amide bonds. The lowest BCUT2D eigenvalue weighted by Gasteiger charge is -2.23. The van der Waals surface area contributed by atoms with E-state index in [2.05, 4.69) is 62.1 Å². The normalized spacial score (nSPS) is 10.2. The largest absolute Gasteiger partial charge is 0.368 e. The molecule has 1 heteroatoms. The van der Waals surface area contributed by atoms with E-state index in [-0.39, 0.29) is 0 Å². The lowest BCUT2D eigenvalue weighted by Crippen LogP contribution is -2.24. The summed E-state index contributed by atoms with van der Waals surface area (Å²) in [7, 11) is 0. The summed E-state index contributed by atoms with van der Waals surface area (Å²) in [6.45, 7) is 8.78. The van der Waals surface area contributed by atoms with Gasteiger partial charge in [-0.15, -0.1) is 0 Å². The van der Waals surface area contributed by atoms with Gasteiger partial charge in [-0.05, 0) is 32.4 Å². The van der Waals surface area contributed by atoms with Crippen LogP contribution >= 0.6 is 0 Å². The highest BCUT2D eigenvalue weighted by molar-refractivity contribution is 5.46. The first-order chi connectivity index (χ1) is 8.74. The van der Waals surface area contributed by atoms with Gasteiger partial charge in [-0.2, -0.15) is 0 Å². The van der Waals surface area contributed by atoms with Gasteiger partial charge in [0.25, 0.3) is 0 Å². The molecule has 0 aromatic heterocycles. The zero-order chi connectivity index (χ0) is 13.2. The third kappa shape index (κ3) is 5.90. The summed E-state index contributed by atoms with van der Waals surface area (Å²) in [5.41, 5.74) is 2.73. The van der Waals surface area contributed by atoms with E-state index >= 15 is 0 Å². The van der Waals surface area contributed by atoms with Crippen LogP contribution in [-0.2, 0) is 0 Å². The number of para-hydroxylation sites is 1. The van der Waals surface area contributed by atoms with Crippen molar-refractivity contribution in [2.24, 2.45) is 0 Å². The smallest absolute Gasteiger partial charge is 0.0369 e. The number of benzene rings is 1. The van der Waals surface area contributed by atoms with Crippen molar-refractivity contribution >= 4 is 5.69 Å². The molecule has 18 heavy (non-hydrogen) atoms. The minimum absolute atomic E-state index is 1.03. The lowest BCUT2D eigenvalue weighted by atomic mass is 10.2. The van der Waals surface area contributed by atoms with Crippen molar-refractivity contribution in [1.82, 2.24) is 0 Å². The topological polar surface area (TPSA) is 3.24 Å². The molecule has 100 valence electrons. The Kier molecular flexibility index (Phi) is 7.24. The van der Waals surface area contributed by atoms with Gasteiger partial charge in [0.2, 0.25) is 0 Å². The van der Waals surface area contributed by atoms with E-state index in [1.54, 1.807) is 0 Å². The van der Waals surface area contributed by atoms with Crippen LogP contribution in [0, 0.1) is 0 Å². The zero-order valence-electron chi connectivity index (χ0n) is 12.2. The number of unbranched alkanes of at least 4 members (excludes halogenated alkanes) is 3. The Morgan fingerprint density at radius 1 is 1.06 bits per heavy atom. The molecule has 0 atom stereocenters. The van der Waals surface area contributed by atoms with Gasteiger partial charge in [0.15, 0.2) is 0 Å². The van der Waals surface area contributed by atoms with Crippen molar-refractivity contribution in [3.05, 3.63) is 42.0 Å². The van der Waals surface area contributed by atoms with Crippen molar-refractivity contribution < 1.29 is 0 Å². The molecule has 0 N–H and O–H groups in total. The highest BCUT2D eigenvalue weighted by Crippen LogP contribution is 2.15. The van der Waals surface area contributed by atoms with E-state index in [4.69, 9.17) is 0 Å². The van der Waals surface area contributed by atoms with E-state index in [9.17, 15) is 0 Å². The fourth-order valence-corrected chi connectivity index (χ4v) is 1.99. The number of rotatable bonds is 8. The van der Waals surface area contributed by atoms with Crippen LogP contribution in [0.4, 0.5) is 5.69 Å². The Labute approximate surface area is 113 Å². The fourth-order valence-electron chi connectivity index (χ4n) is 1.99. The molecule has 0 fully saturated rings. The molecule has 0 heterocycles. The minimum Gasteiger partial charge on any atom is -0.368 e. The Morgan fingerprint density at radius 2 is 1.78 bits per heavy atom. The molecular weight excluding hydrogens is 218 g/mol. The number of nitrogens with zero attached hydrogens (tertiary/aromatic N) is 1. The Hall–Kier alpha value is -1.24. The highest BCUT2D eigenvalue weighted by Gasteiger charge is 2.03. The van der Waals surface area contributed by atoms with Gasteiger partial charge >= 0.3 is 0 Å². The molecule has 1 nitrogen and oxygen atoms in total. The van der Waals surface area contributed by atoms with Crippen LogP contribution in [0.3, 0.4) is 0 Å². The van der Waals surface area contributed by atoms with Crippen LogP contribution in [0.15, 0.2) is 42.0 Å². The molecule has 0 aliphatic carbocycles. The standard InChI is InChI=1S/C17H27N/c1-4-5-6-10-14-18(15-13-16(2)3)17-11-8-7-9-12-17/h7-9,11-13H,4-6,10,14-15H2,1-3H3. The monoisotopic (exact) mass is 245 g/mol. The van der Waals surface area contributed by atoms with Gasteiger partial charge in [0.1, 0.15) is 0 Å². The maximum absolute atomic E-state index is 2.47. The maximum atomic E-state index is 2.47. The second-order valence-electron chi connectivity index (χ2n) is 5.12. The summed E-state index contributed by atoms with van der Waals surface area (Å²) in [6, 6.07) is 10.7. The highest BCUT2D eigenvalue weighted by atomic mass is 15.1. The molecule has 1 aromatic carbocycles. The van der Waals surface area contributed by atoms with Crippen molar-refractivity contribution in [3.8, 4) is 0 Å². The number of hydrogen-bond acceptors (Lipinski definition) is 1. The first-order valence-corrected chi connectivity index (χ1v) is 7.17. The summed E-state index contributed by atoms with van der Waals surface area (Å²) >= 11 is 0. The summed E-state index contributed by atoms with van der Waals surface area (Å²) in [5.74, 6) is 0. The molecule has 0 unspecified atom stereocenters. The second kappa shape index (κ2) is 8.79. The van der Waals surface area contributed by atoms with Crippen molar-refractivity contribution in [2.45, 2.75) is 46.5 Å². The third-order valence-electron chi connectivity index (χ3n) is 3.12. The molecule has 0 bridgehead atoms. The van der Waals surface area contributed by atoms with Crippen molar-refractivity contribution in [2.75, 3.05) is 18.0 Å². The number of allylic oxidation sites excluding steroid dienone is 1. The predicted molar refractivity (Wildman–Crippen MR) is 82.2 cm³/mol. The van der Waals surface area contributed by atoms with E-state index in [0.29, 0.717) is 0 Å². The summed E-state index contributed by atoms with van der Waals surface area (Å²) in [6.07, 6.45) is 7.60. The van der Waals surface area contributed by atoms with E-state index < -0.39 is 0 Å². The van der Waals surface area contributed by atoms with Crippen LogP contribution in [-0.4, -0.2) is 13.1 Å². The zero-order valence-corrected chi connectivity index (χ0v) is 12.2. The quantitative estimate of drug-likeness (QED) is 0.458. The predicted octanol–water partition coefficient (Wildman–Crippen LogP) is 5.04. The molecule has 1 rings (SSSR count). The second-order valence-corrected chi connectivity index (χ2v) is 5.12. The number of hydrogen-bond donors (Lipinski definition) is 0. The van der Waals surface area contributed by atoms with E-state index in [1.165, 1.54) is 36.9 Å². The van der Waals surface area contributed by atoms with Gasteiger partial charge < -0.3 is 4.90 Å². The number of anilines is 1. The van der Waals surface area contributed by atoms with Crippen LogP contribution < -0.4 is 4.90 Å². The summed E-state index contributed by atoms with van der Waals surface area (Å²) in [5, 5.41) is 0. The Balaban J connectivity index is 2.55. The minimum atomic E-state index is 1.03. The van der Waals surface area contributed by atoms with Crippen LogP contribution in [0.1, 0.15) is 46.5 Å². The van der Waals surface area contributed by atoms with Crippen LogP contribution in [0.25, 0.3) is 0 Å². The summed E-state index contributed by atoms with van der Waals surface area (Å²) in [4.78, 5) is 2.47. The third-order valence-corrected chi connectivity index (χ3v) is 3.12. The molecule has 0 spiro atoms. The Morgan fingerprint density at radius 3 is 2.39 bits per heavy atom. The van der Waals surface area contributed by atoms with Crippen LogP contribution in [0.5, 0.6) is 0 Å². The molecule has 0 saturated heterocycles. The lowest BCUT2D eigenvalue weighted by molar-refractivity contribution is 0.654. The van der Waals surface area contributed by atoms with Gasteiger partial charge in [-0.25, -0.2) is 0 Å². The molecule has 0 saturated carbocycles. The van der Waals surface area contributed by atoms with E-state index in [1.807, 2.05) is 0 Å². The molecule has 0 radical (unpaired) electrons. The van der Waals surface area contributed by atoms with Gasteiger partial charge in [0.05, 0.1) is 0 Å². The molecule has 0 aliphatic rings. The average Bonchev–Trinajstić information content (AvgIpc) is 2.38. The average molecular weight is 245 g/mol.